The van der Waals surface area contributed by atoms with Crippen molar-refractivity contribution in [3.8, 4) is 0 Å². The zero-order chi connectivity index (χ0) is 21.5. The molecule has 2 aliphatic carbocycles. The third kappa shape index (κ3) is 3.56. The highest BCUT2D eigenvalue weighted by molar-refractivity contribution is 6.22. The van der Waals surface area contributed by atoms with Crippen molar-refractivity contribution in [3.63, 3.8) is 0 Å². The molecule has 3 aliphatic rings. The first kappa shape index (κ1) is 20.0. The molecule has 0 unspecified atom stereocenters. The Morgan fingerprint density at radius 2 is 1.61 bits per heavy atom. The van der Waals surface area contributed by atoms with Gasteiger partial charge in [0.05, 0.1) is 11.1 Å². The van der Waals surface area contributed by atoms with Crippen LogP contribution < -0.4 is 5.32 Å². The van der Waals surface area contributed by atoms with E-state index < -0.39 is 6.04 Å². The van der Waals surface area contributed by atoms with Crippen molar-refractivity contribution < 1.29 is 14.4 Å². The second-order valence-corrected chi connectivity index (χ2v) is 9.37. The summed E-state index contributed by atoms with van der Waals surface area (Å²) in [5, 5.41) is 3.19. The summed E-state index contributed by atoms with van der Waals surface area (Å²) in [6.07, 6.45) is 5.32. The molecule has 5 nitrogen and oxygen atoms in total. The van der Waals surface area contributed by atoms with Crippen LogP contribution in [0.25, 0.3) is 0 Å². The molecule has 2 fully saturated rings. The second kappa shape index (κ2) is 7.95. The van der Waals surface area contributed by atoms with Gasteiger partial charge in [-0.1, -0.05) is 48.9 Å². The van der Waals surface area contributed by atoms with Crippen molar-refractivity contribution in [1.29, 1.82) is 0 Å². The zero-order valence-electron chi connectivity index (χ0n) is 17.8. The summed E-state index contributed by atoms with van der Waals surface area (Å²) in [6.45, 7) is 2.07. The van der Waals surface area contributed by atoms with Gasteiger partial charge in [-0.3, -0.25) is 19.3 Å². The Labute approximate surface area is 182 Å². The first-order chi connectivity index (χ1) is 15.0. The Morgan fingerprint density at radius 3 is 2.19 bits per heavy atom. The van der Waals surface area contributed by atoms with Crippen LogP contribution in [0.3, 0.4) is 0 Å². The van der Waals surface area contributed by atoms with E-state index in [1.54, 1.807) is 24.3 Å². The lowest BCUT2D eigenvalue weighted by molar-refractivity contribution is -0.126. The van der Waals surface area contributed by atoms with E-state index in [0.717, 1.165) is 11.5 Å². The molecular formula is C26H28N2O3. The summed E-state index contributed by atoms with van der Waals surface area (Å²) in [5.74, 6) is 0.960. The molecule has 0 radical (unpaired) electrons. The van der Waals surface area contributed by atoms with E-state index in [4.69, 9.17) is 0 Å². The highest BCUT2D eigenvalue weighted by Crippen LogP contribution is 2.49. The number of imide groups is 1. The van der Waals surface area contributed by atoms with Gasteiger partial charge < -0.3 is 5.32 Å². The number of amides is 3. The van der Waals surface area contributed by atoms with E-state index in [0.29, 0.717) is 29.4 Å². The van der Waals surface area contributed by atoms with Crippen LogP contribution in [-0.2, 0) is 11.2 Å². The number of fused-ring (bicyclic) bond motifs is 3. The predicted octanol–water partition coefficient (Wildman–Crippen LogP) is 3.83. The van der Waals surface area contributed by atoms with Gasteiger partial charge in [0.2, 0.25) is 5.91 Å². The summed E-state index contributed by atoms with van der Waals surface area (Å²) in [6, 6.07) is 15.6. The van der Waals surface area contributed by atoms with Gasteiger partial charge in [-0.25, -0.2) is 0 Å². The van der Waals surface area contributed by atoms with Crippen LogP contribution in [0.2, 0.25) is 0 Å². The van der Waals surface area contributed by atoms with Crippen molar-refractivity contribution in [2.75, 3.05) is 0 Å². The maximum Gasteiger partial charge on any atom is 0.262 e. The van der Waals surface area contributed by atoms with E-state index >= 15 is 0 Å². The number of benzene rings is 2. The summed E-state index contributed by atoms with van der Waals surface area (Å²) in [5.41, 5.74) is 1.67. The van der Waals surface area contributed by atoms with Gasteiger partial charge in [-0.05, 0) is 61.6 Å². The highest BCUT2D eigenvalue weighted by Gasteiger charge is 2.45. The Balaban J connectivity index is 1.40. The summed E-state index contributed by atoms with van der Waals surface area (Å²) in [7, 11) is 0. The van der Waals surface area contributed by atoms with E-state index in [1.807, 2.05) is 30.3 Å². The fraction of sp³-hybridized carbons (Fsp3) is 0.423. The fourth-order valence-corrected chi connectivity index (χ4v) is 5.96. The molecule has 1 aliphatic heterocycles. The van der Waals surface area contributed by atoms with Crippen LogP contribution in [0.4, 0.5) is 0 Å². The van der Waals surface area contributed by atoms with Crippen molar-refractivity contribution in [3.05, 3.63) is 71.3 Å². The molecule has 1 N–H and O–H groups in total. The van der Waals surface area contributed by atoms with Crippen molar-refractivity contribution in [1.82, 2.24) is 10.2 Å². The topological polar surface area (TPSA) is 66.5 Å². The molecule has 5 heteroatoms. The molecule has 0 aromatic heterocycles. The van der Waals surface area contributed by atoms with Crippen LogP contribution in [0, 0.1) is 17.8 Å². The monoisotopic (exact) mass is 416 g/mol. The Morgan fingerprint density at radius 1 is 0.968 bits per heavy atom. The molecule has 1 heterocycles. The molecular weight excluding hydrogens is 388 g/mol. The smallest absolute Gasteiger partial charge is 0.262 e. The van der Waals surface area contributed by atoms with Crippen LogP contribution >= 0.6 is 0 Å². The van der Waals surface area contributed by atoms with E-state index in [9.17, 15) is 14.4 Å². The zero-order valence-corrected chi connectivity index (χ0v) is 17.8. The van der Waals surface area contributed by atoms with Crippen molar-refractivity contribution >= 4 is 17.7 Å². The maximum absolute atomic E-state index is 13.5. The van der Waals surface area contributed by atoms with Crippen molar-refractivity contribution in [2.45, 2.75) is 51.1 Å². The largest absolute Gasteiger partial charge is 0.352 e. The third-order valence-electron chi connectivity index (χ3n) is 7.52. The standard InChI is InChI=1S/C26H28N2O3/c1-16(22-14-18-11-12-19(22)13-18)27-24(29)23(15-17-7-3-2-4-8-17)28-25(30)20-9-5-6-10-21(20)26(28)31/h2-10,16,18-19,22-23H,11-15H2,1H3,(H,27,29)/t16-,18-,19-,22-,23+/m0/s1. The average Bonchev–Trinajstić information content (AvgIpc) is 3.48. The quantitative estimate of drug-likeness (QED) is 0.728. The Hall–Kier alpha value is -2.95. The van der Waals surface area contributed by atoms with Gasteiger partial charge in [-0.2, -0.15) is 0 Å². The first-order valence-corrected chi connectivity index (χ1v) is 11.3. The highest BCUT2D eigenvalue weighted by atomic mass is 16.2. The molecule has 0 spiro atoms. The molecule has 5 atom stereocenters. The molecule has 2 saturated carbocycles. The van der Waals surface area contributed by atoms with Gasteiger partial charge in [0, 0.05) is 12.5 Å². The fourth-order valence-electron chi connectivity index (χ4n) is 5.96. The molecule has 2 aromatic carbocycles. The number of carbonyl (C=O) groups is 3. The van der Waals surface area contributed by atoms with E-state index in [-0.39, 0.29) is 23.8 Å². The van der Waals surface area contributed by atoms with E-state index in [1.165, 1.54) is 30.6 Å². The Kier molecular flexibility index (Phi) is 5.12. The summed E-state index contributed by atoms with van der Waals surface area (Å²) < 4.78 is 0. The second-order valence-electron chi connectivity index (χ2n) is 9.37. The number of nitrogens with one attached hydrogen (secondary N) is 1. The first-order valence-electron chi connectivity index (χ1n) is 11.3. The van der Waals surface area contributed by atoms with Gasteiger partial charge in [0.25, 0.3) is 11.8 Å². The lowest BCUT2D eigenvalue weighted by Gasteiger charge is -2.32. The van der Waals surface area contributed by atoms with Crippen LogP contribution in [0.15, 0.2) is 54.6 Å². The van der Waals surface area contributed by atoms with Crippen molar-refractivity contribution in [2.24, 2.45) is 17.8 Å². The van der Waals surface area contributed by atoms with Crippen LogP contribution in [-0.4, -0.2) is 34.7 Å². The number of hydrogen-bond donors (Lipinski definition) is 1. The minimum Gasteiger partial charge on any atom is -0.352 e. The maximum atomic E-state index is 13.5. The average molecular weight is 417 g/mol. The molecule has 3 amide bonds. The SMILES string of the molecule is C[C@H](NC(=O)[C@@H](Cc1ccccc1)N1C(=O)c2ccccc2C1=O)[C@@H]1C[C@H]2CC[C@H]1C2. The summed E-state index contributed by atoms with van der Waals surface area (Å²) in [4.78, 5) is 40.9. The molecule has 160 valence electrons. The van der Waals surface area contributed by atoms with Gasteiger partial charge in [0.1, 0.15) is 6.04 Å². The predicted molar refractivity (Wildman–Crippen MR) is 117 cm³/mol. The normalized spacial score (nSPS) is 26.1. The molecule has 31 heavy (non-hydrogen) atoms. The van der Waals surface area contributed by atoms with Gasteiger partial charge in [0.15, 0.2) is 0 Å². The number of hydrogen-bond acceptors (Lipinski definition) is 3. The lowest BCUT2D eigenvalue weighted by Crippen LogP contribution is -2.53. The number of carbonyl (C=O) groups excluding carboxylic acids is 3. The molecule has 5 rings (SSSR count). The minimum absolute atomic E-state index is 0.0382. The number of rotatable bonds is 6. The Bertz CT molecular complexity index is 983. The number of nitrogens with zero attached hydrogens (tertiary/aromatic N) is 1. The molecule has 2 aromatic rings. The lowest BCUT2D eigenvalue weighted by atomic mass is 9.84. The summed E-state index contributed by atoms with van der Waals surface area (Å²) >= 11 is 0. The molecule has 2 bridgehead atoms. The van der Waals surface area contributed by atoms with Gasteiger partial charge in [-0.15, -0.1) is 0 Å². The third-order valence-corrected chi connectivity index (χ3v) is 7.52. The van der Waals surface area contributed by atoms with Gasteiger partial charge >= 0.3 is 0 Å². The van der Waals surface area contributed by atoms with Crippen LogP contribution in [0.1, 0.15) is 58.9 Å². The van der Waals surface area contributed by atoms with E-state index in [2.05, 4.69) is 12.2 Å². The minimum atomic E-state index is -0.865. The van der Waals surface area contributed by atoms with Crippen LogP contribution in [0.5, 0.6) is 0 Å². The molecule has 0 saturated heterocycles.